The number of hydrogen-bond donors (Lipinski definition) is 2. The molecule has 15 heavy (non-hydrogen) atoms. The van der Waals surface area contributed by atoms with Crippen LogP contribution in [0.4, 0.5) is 0 Å². The fraction of sp³-hybridized carbons (Fsp3) is 0.556. The van der Waals surface area contributed by atoms with Crippen LogP contribution in [0, 0.1) is 6.92 Å². The SMILES string of the molecule is Cc1sc(C2CSCCN2)nc1C(=O)O. The fourth-order valence-electron chi connectivity index (χ4n) is 1.49. The highest BCUT2D eigenvalue weighted by Crippen LogP contribution is 2.27. The van der Waals surface area contributed by atoms with Crippen molar-refractivity contribution in [3.63, 3.8) is 0 Å². The Morgan fingerprint density at radius 2 is 2.47 bits per heavy atom. The summed E-state index contributed by atoms with van der Waals surface area (Å²) in [7, 11) is 0. The second-order valence-electron chi connectivity index (χ2n) is 3.34. The van der Waals surface area contributed by atoms with Crippen LogP contribution >= 0.6 is 23.1 Å². The third-order valence-corrected chi connectivity index (χ3v) is 4.38. The number of thiazole rings is 1. The maximum atomic E-state index is 10.8. The van der Waals surface area contributed by atoms with E-state index in [1.807, 2.05) is 11.8 Å². The van der Waals surface area contributed by atoms with Crippen molar-refractivity contribution >= 4 is 29.1 Å². The Morgan fingerprint density at radius 1 is 1.67 bits per heavy atom. The highest BCUT2D eigenvalue weighted by Gasteiger charge is 2.22. The van der Waals surface area contributed by atoms with Gasteiger partial charge in [-0.05, 0) is 6.92 Å². The third kappa shape index (κ3) is 2.32. The first-order valence-corrected chi connectivity index (χ1v) is 6.67. The molecule has 82 valence electrons. The summed E-state index contributed by atoms with van der Waals surface area (Å²) in [5, 5.41) is 13.1. The first-order valence-electron chi connectivity index (χ1n) is 4.70. The van der Waals surface area contributed by atoms with E-state index < -0.39 is 5.97 Å². The lowest BCUT2D eigenvalue weighted by Gasteiger charge is -2.20. The van der Waals surface area contributed by atoms with Gasteiger partial charge in [0.2, 0.25) is 0 Å². The zero-order chi connectivity index (χ0) is 10.8. The van der Waals surface area contributed by atoms with Gasteiger partial charge >= 0.3 is 5.97 Å². The largest absolute Gasteiger partial charge is 0.476 e. The van der Waals surface area contributed by atoms with E-state index in [2.05, 4.69) is 10.3 Å². The summed E-state index contributed by atoms with van der Waals surface area (Å²) in [5.41, 5.74) is 0.201. The van der Waals surface area contributed by atoms with E-state index in [1.54, 1.807) is 6.92 Å². The Labute approximate surface area is 96.1 Å². The van der Waals surface area contributed by atoms with Crippen LogP contribution in [-0.2, 0) is 0 Å². The smallest absolute Gasteiger partial charge is 0.355 e. The number of nitrogens with one attached hydrogen (secondary N) is 1. The molecule has 1 atom stereocenters. The monoisotopic (exact) mass is 244 g/mol. The average Bonchev–Trinajstić information content (AvgIpc) is 2.62. The first-order chi connectivity index (χ1) is 7.18. The molecule has 1 fully saturated rings. The van der Waals surface area contributed by atoms with Crippen molar-refractivity contribution in [3.8, 4) is 0 Å². The summed E-state index contributed by atoms with van der Waals surface area (Å²) < 4.78 is 0. The molecule has 0 amide bonds. The van der Waals surface area contributed by atoms with Crippen LogP contribution in [0.5, 0.6) is 0 Å². The molecule has 6 heteroatoms. The van der Waals surface area contributed by atoms with Gasteiger partial charge in [0.05, 0.1) is 6.04 Å². The lowest BCUT2D eigenvalue weighted by Crippen LogP contribution is -2.30. The van der Waals surface area contributed by atoms with E-state index in [0.29, 0.717) is 0 Å². The molecule has 4 nitrogen and oxygen atoms in total. The number of carbonyl (C=O) groups is 1. The van der Waals surface area contributed by atoms with Gasteiger partial charge in [0, 0.05) is 22.9 Å². The van der Waals surface area contributed by atoms with Gasteiger partial charge < -0.3 is 10.4 Å². The van der Waals surface area contributed by atoms with Crippen LogP contribution in [0.3, 0.4) is 0 Å². The van der Waals surface area contributed by atoms with E-state index in [0.717, 1.165) is 27.9 Å². The molecule has 0 aromatic carbocycles. The van der Waals surface area contributed by atoms with E-state index >= 15 is 0 Å². The van der Waals surface area contributed by atoms with Gasteiger partial charge in [0.15, 0.2) is 5.69 Å². The number of carboxylic acid groups (broad SMARTS) is 1. The van der Waals surface area contributed by atoms with E-state index in [-0.39, 0.29) is 11.7 Å². The summed E-state index contributed by atoms with van der Waals surface area (Å²) in [5.74, 6) is 1.16. The van der Waals surface area contributed by atoms with Crippen molar-refractivity contribution in [1.82, 2.24) is 10.3 Å². The molecule has 0 bridgehead atoms. The Balaban J connectivity index is 2.21. The number of aromatic nitrogens is 1. The van der Waals surface area contributed by atoms with Gasteiger partial charge in [0.1, 0.15) is 5.01 Å². The average molecular weight is 244 g/mol. The quantitative estimate of drug-likeness (QED) is 0.826. The third-order valence-electron chi connectivity index (χ3n) is 2.24. The van der Waals surface area contributed by atoms with E-state index in [9.17, 15) is 4.79 Å². The summed E-state index contributed by atoms with van der Waals surface area (Å²) >= 11 is 3.36. The van der Waals surface area contributed by atoms with Crippen molar-refractivity contribution in [1.29, 1.82) is 0 Å². The Bertz CT molecular complexity index is 372. The highest BCUT2D eigenvalue weighted by atomic mass is 32.2. The van der Waals surface area contributed by atoms with Gasteiger partial charge in [-0.1, -0.05) is 0 Å². The number of rotatable bonds is 2. The molecule has 2 heterocycles. The standard InChI is InChI=1S/C9H12N2O2S2/c1-5-7(9(12)13)11-8(15-5)6-4-14-3-2-10-6/h6,10H,2-4H2,1H3,(H,12,13). The molecule has 2 N–H and O–H groups in total. The fourth-order valence-corrected chi connectivity index (χ4v) is 3.52. The predicted molar refractivity (Wildman–Crippen MR) is 61.9 cm³/mol. The molecule has 1 unspecified atom stereocenters. The number of nitrogens with zero attached hydrogens (tertiary/aromatic N) is 1. The second-order valence-corrected chi connectivity index (χ2v) is 5.73. The van der Waals surface area contributed by atoms with Gasteiger partial charge in [-0.25, -0.2) is 9.78 Å². The number of aromatic carboxylic acids is 1. The minimum atomic E-state index is -0.932. The molecular formula is C9H12N2O2S2. The number of carboxylic acids is 1. The van der Waals surface area contributed by atoms with Crippen LogP contribution in [-0.4, -0.2) is 34.1 Å². The van der Waals surface area contributed by atoms with Crippen molar-refractivity contribution in [2.45, 2.75) is 13.0 Å². The molecule has 0 aliphatic carbocycles. The lowest BCUT2D eigenvalue weighted by molar-refractivity contribution is 0.0690. The van der Waals surface area contributed by atoms with Crippen LogP contribution in [0.25, 0.3) is 0 Å². The molecule has 0 spiro atoms. The van der Waals surface area contributed by atoms with Gasteiger partial charge in [-0.3, -0.25) is 0 Å². The molecule has 1 aromatic rings. The van der Waals surface area contributed by atoms with Crippen LogP contribution in [0.15, 0.2) is 0 Å². The molecule has 0 saturated carbocycles. The van der Waals surface area contributed by atoms with Crippen LogP contribution < -0.4 is 5.32 Å². The molecule has 1 aliphatic rings. The van der Waals surface area contributed by atoms with E-state index in [1.165, 1.54) is 11.3 Å². The van der Waals surface area contributed by atoms with Crippen molar-refractivity contribution in [2.75, 3.05) is 18.1 Å². The molecule has 1 saturated heterocycles. The van der Waals surface area contributed by atoms with Crippen LogP contribution in [0.2, 0.25) is 0 Å². The van der Waals surface area contributed by atoms with Gasteiger partial charge in [0.25, 0.3) is 0 Å². The normalized spacial score (nSPS) is 21.5. The molecule has 1 aliphatic heterocycles. The first kappa shape index (κ1) is 10.9. The van der Waals surface area contributed by atoms with Gasteiger partial charge in [-0.2, -0.15) is 11.8 Å². The zero-order valence-electron chi connectivity index (χ0n) is 8.32. The predicted octanol–water partition coefficient (Wildman–Crippen LogP) is 1.53. The number of aryl methyl sites for hydroxylation is 1. The summed E-state index contributed by atoms with van der Waals surface area (Å²) in [6.45, 7) is 2.77. The highest BCUT2D eigenvalue weighted by molar-refractivity contribution is 7.99. The Morgan fingerprint density at radius 3 is 3.00 bits per heavy atom. The molecule has 0 radical (unpaired) electrons. The molecule has 1 aromatic heterocycles. The maximum Gasteiger partial charge on any atom is 0.355 e. The minimum absolute atomic E-state index is 0.201. The van der Waals surface area contributed by atoms with Crippen molar-refractivity contribution < 1.29 is 9.90 Å². The minimum Gasteiger partial charge on any atom is -0.476 e. The molecular weight excluding hydrogens is 232 g/mol. The maximum absolute atomic E-state index is 10.8. The number of hydrogen-bond acceptors (Lipinski definition) is 5. The lowest BCUT2D eigenvalue weighted by atomic mass is 10.3. The summed E-state index contributed by atoms with van der Waals surface area (Å²) in [6.07, 6.45) is 0. The summed E-state index contributed by atoms with van der Waals surface area (Å²) in [4.78, 5) is 15.8. The topological polar surface area (TPSA) is 62.2 Å². The Kier molecular flexibility index (Phi) is 3.28. The molecule has 2 rings (SSSR count). The van der Waals surface area contributed by atoms with Crippen LogP contribution in [0.1, 0.15) is 26.4 Å². The zero-order valence-corrected chi connectivity index (χ0v) is 9.95. The number of thioether (sulfide) groups is 1. The second kappa shape index (κ2) is 4.51. The summed E-state index contributed by atoms with van der Waals surface area (Å²) in [6, 6.07) is 0.223. The Hall–Kier alpha value is -0.590. The van der Waals surface area contributed by atoms with E-state index in [4.69, 9.17) is 5.11 Å². The van der Waals surface area contributed by atoms with Crippen molar-refractivity contribution in [2.24, 2.45) is 0 Å². The van der Waals surface area contributed by atoms with Gasteiger partial charge in [-0.15, -0.1) is 11.3 Å². The van der Waals surface area contributed by atoms with Crippen molar-refractivity contribution in [3.05, 3.63) is 15.6 Å².